The van der Waals surface area contributed by atoms with E-state index in [2.05, 4.69) is 0 Å². The first kappa shape index (κ1) is 10.7. The molecule has 0 fully saturated rings. The van der Waals surface area contributed by atoms with Crippen molar-refractivity contribution in [2.75, 3.05) is 6.61 Å². The molecule has 0 saturated carbocycles. The van der Waals surface area contributed by atoms with Crippen LogP contribution in [-0.2, 0) is 0 Å². The van der Waals surface area contributed by atoms with E-state index in [1.807, 2.05) is 42.5 Å². The van der Waals surface area contributed by atoms with Crippen molar-refractivity contribution in [3.05, 3.63) is 65.7 Å². The SMILES string of the molecule is OCC(c1ccccc1)c1ccccc1O. The standard InChI is InChI=1S/C14H14O2/c15-10-13(11-6-2-1-3-7-11)12-8-4-5-9-14(12)16/h1-9,13,15-16H,10H2. The Bertz CT molecular complexity index is 451. The average molecular weight is 214 g/mol. The first-order valence-corrected chi connectivity index (χ1v) is 5.26. The van der Waals surface area contributed by atoms with Gasteiger partial charge in [-0.3, -0.25) is 0 Å². The second-order valence-corrected chi connectivity index (χ2v) is 3.70. The van der Waals surface area contributed by atoms with Gasteiger partial charge < -0.3 is 10.2 Å². The Morgan fingerprint density at radius 1 is 0.875 bits per heavy atom. The number of benzene rings is 2. The molecule has 1 unspecified atom stereocenters. The molecule has 82 valence electrons. The lowest BCUT2D eigenvalue weighted by atomic mass is 9.91. The lowest BCUT2D eigenvalue weighted by molar-refractivity contribution is 0.278. The third-order valence-electron chi connectivity index (χ3n) is 2.70. The molecule has 0 heterocycles. The molecular weight excluding hydrogens is 200 g/mol. The highest BCUT2D eigenvalue weighted by molar-refractivity contribution is 5.41. The third-order valence-corrected chi connectivity index (χ3v) is 2.70. The summed E-state index contributed by atoms with van der Waals surface area (Å²) in [6.07, 6.45) is 0. The molecule has 0 aliphatic heterocycles. The second kappa shape index (κ2) is 4.81. The summed E-state index contributed by atoms with van der Waals surface area (Å²) in [6, 6.07) is 16.8. The summed E-state index contributed by atoms with van der Waals surface area (Å²) in [5, 5.41) is 19.2. The smallest absolute Gasteiger partial charge is 0.119 e. The van der Waals surface area contributed by atoms with Gasteiger partial charge in [-0.2, -0.15) is 0 Å². The lowest BCUT2D eigenvalue weighted by Gasteiger charge is -2.16. The summed E-state index contributed by atoms with van der Waals surface area (Å²) in [5.41, 5.74) is 1.77. The monoisotopic (exact) mass is 214 g/mol. The summed E-state index contributed by atoms with van der Waals surface area (Å²) in [4.78, 5) is 0. The number of phenols is 1. The van der Waals surface area contributed by atoms with Crippen molar-refractivity contribution in [2.24, 2.45) is 0 Å². The number of para-hydroxylation sites is 1. The molecule has 2 nitrogen and oxygen atoms in total. The van der Waals surface area contributed by atoms with Gasteiger partial charge in [-0.25, -0.2) is 0 Å². The molecule has 2 aromatic rings. The number of hydrogen-bond acceptors (Lipinski definition) is 2. The van der Waals surface area contributed by atoms with Gasteiger partial charge in [0.25, 0.3) is 0 Å². The quantitative estimate of drug-likeness (QED) is 0.824. The van der Waals surface area contributed by atoms with Gasteiger partial charge in [-0.05, 0) is 11.6 Å². The van der Waals surface area contributed by atoms with Gasteiger partial charge in [0.15, 0.2) is 0 Å². The minimum atomic E-state index is -0.164. The zero-order valence-electron chi connectivity index (χ0n) is 8.88. The summed E-state index contributed by atoms with van der Waals surface area (Å²) < 4.78 is 0. The maximum absolute atomic E-state index is 9.76. The summed E-state index contributed by atoms with van der Waals surface area (Å²) in [6.45, 7) is -0.0123. The summed E-state index contributed by atoms with van der Waals surface area (Å²) >= 11 is 0. The molecule has 0 bridgehead atoms. The topological polar surface area (TPSA) is 40.5 Å². The molecule has 0 radical (unpaired) electrons. The van der Waals surface area contributed by atoms with Crippen molar-refractivity contribution in [1.29, 1.82) is 0 Å². The number of aliphatic hydroxyl groups excluding tert-OH is 1. The Morgan fingerprint density at radius 2 is 1.50 bits per heavy atom. The molecular formula is C14H14O2. The van der Waals surface area contributed by atoms with Gasteiger partial charge in [0, 0.05) is 11.5 Å². The van der Waals surface area contributed by atoms with Gasteiger partial charge in [0.1, 0.15) is 5.75 Å². The molecule has 0 amide bonds. The van der Waals surface area contributed by atoms with Crippen LogP contribution in [0.15, 0.2) is 54.6 Å². The van der Waals surface area contributed by atoms with E-state index in [1.54, 1.807) is 12.1 Å². The van der Waals surface area contributed by atoms with Gasteiger partial charge >= 0.3 is 0 Å². The number of hydrogen-bond donors (Lipinski definition) is 2. The van der Waals surface area contributed by atoms with Crippen molar-refractivity contribution in [1.82, 2.24) is 0 Å². The van der Waals surface area contributed by atoms with Crippen LogP contribution in [0.25, 0.3) is 0 Å². The molecule has 0 spiro atoms. The number of phenolic OH excluding ortho intramolecular Hbond substituents is 1. The minimum absolute atomic E-state index is 0.0123. The van der Waals surface area contributed by atoms with Gasteiger partial charge in [-0.15, -0.1) is 0 Å². The highest BCUT2D eigenvalue weighted by atomic mass is 16.3. The second-order valence-electron chi connectivity index (χ2n) is 3.70. The van der Waals surface area contributed by atoms with Crippen LogP contribution < -0.4 is 0 Å². The summed E-state index contributed by atoms with van der Waals surface area (Å²) in [7, 11) is 0. The van der Waals surface area contributed by atoms with Crippen LogP contribution in [0.5, 0.6) is 5.75 Å². The Labute approximate surface area is 94.8 Å². The fourth-order valence-electron chi connectivity index (χ4n) is 1.85. The Hall–Kier alpha value is -1.80. The molecule has 0 saturated heterocycles. The van der Waals surface area contributed by atoms with Crippen LogP contribution >= 0.6 is 0 Å². The maximum atomic E-state index is 9.76. The molecule has 0 aliphatic rings. The lowest BCUT2D eigenvalue weighted by Crippen LogP contribution is -2.05. The summed E-state index contributed by atoms with van der Waals surface area (Å²) in [5.74, 6) is 0.0628. The predicted molar refractivity (Wildman–Crippen MR) is 63.5 cm³/mol. The highest BCUT2D eigenvalue weighted by Crippen LogP contribution is 2.30. The predicted octanol–water partition coefficient (Wildman–Crippen LogP) is 2.52. The Balaban J connectivity index is 2.41. The van der Waals surface area contributed by atoms with E-state index in [4.69, 9.17) is 0 Å². The number of rotatable bonds is 3. The first-order valence-electron chi connectivity index (χ1n) is 5.26. The van der Waals surface area contributed by atoms with Crippen molar-refractivity contribution in [2.45, 2.75) is 5.92 Å². The van der Waals surface area contributed by atoms with E-state index in [-0.39, 0.29) is 18.3 Å². The molecule has 0 aromatic heterocycles. The minimum Gasteiger partial charge on any atom is -0.508 e. The molecule has 2 heteroatoms. The number of aliphatic hydroxyl groups is 1. The Morgan fingerprint density at radius 3 is 2.12 bits per heavy atom. The maximum Gasteiger partial charge on any atom is 0.119 e. The molecule has 2 rings (SSSR count). The van der Waals surface area contributed by atoms with Crippen molar-refractivity contribution >= 4 is 0 Å². The number of aromatic hydroxyl groups is 1. The molecule has 1 atom stereocenters. The van der Waals surface area contributed by atoms with Crippen molar-refractivity contribution < 1.29 is 10.2 Å². The van der Waals surface area contributed by atoms with Crippen molar-refractivity contribution in [3.63, 3.8) is 0 Å². The van der Waals surface area contributed by atoms with Gasteiger partial charge in [0.05, 0.1) is 6.61 Å². The first-order chi connectivity index (χ1) is 7.83. The molecule has 0 aliphatic carbocycles. The van der Waals surface area contributed by atoms with Crippen LogP contribution in [0.3, 0.4) is 0 Å². The van der Waals surface area contributed by atoms with E-state index in [1.165, 1.54) is 0 Å². The fourth-order valence-corrected chi connectivity index (χ4v) is 1.85. The fraction of sp³-hybridized carbons (Fsp3) is 0.143. The van der Waals surface area contributed by atoms with E-state index < -0.39 is 0 Å². The largest absolute Gasteiger partial charge is 0.508 e. The van der Waals surface area contributed by atoms with Crippen LogP contribution in [0, 0.1) is 0 Å². The zero-order valence-corrected chi connectivity index (χ0v) is 8.88. The third kappa shape index (κ3) is 2.07. The Kier molecular flexibility index (Phi) is 3.22. The van der Waals surface area contributed by atoms with Gasteiger partial charge in [0.2, 0.25) is 0 Å². The van der Waals surface area contributed by atoms with Gasteiger partial charge in [-0.1, -0.05) is 48.5 Å². The van der Waals surface area contributed by atoms with Crippen LogP contribution in [0.2, 0.25) is 0 Å². The van der Waals surface area contributed by atoms with Crippen LogP contribution in [0.4, 0.5) is 0 Å². The van der Waals surface area contributed by atoms with Crippen LogP contribution in [0.1, 0.15) is 17.0 Å². The van der Waals surface area contributed by atoms with E-state index in [0.717, 1.165) is 11.1 Å². The average Bonchev–Trinajstić information content (AvgIpc) is 2.34. The van der Waals surface area contributed by atoms with E-state index in [0.29, 0.717) is 0 Å². The molecule has 16 heavy (non-hydrogen) atoms. The van der Waals surface area contributed by atoms with Crippen molar-refractivity contribution in [3.8, 4) is 5.75 Å². The zero-order chi connectivity index (χ0) is 11.4. The van der Waals surface area contributed by atoms with Crippen LogP contribution in [-0.4, -0.2) is 16.8 Å². The molecule has 2 aromatic carbocycles. The normalized spacial score (nSPS) is 12.3. The molecule has 2 N–H and O–H groups in total. The highest BCUT2D eigenvalue weighted by Gasteiger charge is 2.15. The van der Waals surface area contributed by atoms with E-state index >= 15 is 0 Å². The van der Waals surface area contributed by atoms with E-state index in [9.17, 15) is 10.2 Å².